The molecule has 3 fully saturated rings. The summed E-state index contributed by atoms with van der Waals surface area (Å²) in [7, 11) is 0. The smallest absolute Gasteiger partial charge is 0.271 e. The van der Waals surface area contributed by atoms with E-state index in [1.165, 1.54) is 24.3 Å². The van der Waals surface area contributed by atoms with Gasteiger partial charge >= 0.3 is 0 Å². The fourth-order valence-electron chi connectivity index (χ4n) is 6.18. The van der Waals surface area contributed by atoms with Crippen molar-refractivity contribution in [3.63, 3.8) is 0 Å². The van der Waals surface area contributed by atoms with Crippen molar-refractivity contribution < 1.29 is 19.3 Å². The molecule has 1 N–H and O–H groups in total. The summed E-state index contributed by atoms with van der Waals surface area (Å²) in [5.41, 5.74) is 0.0194. The van der Waals surface area contributed by atoms with Gasteiger partial charge in [-0.1, -0.05) is 22.0 Å². The molecule has 0 radical (unpaired) electrons. The van der Waals surface area contributed by atoms with Gasteiger partial charge in [-0.15, -0.1) is 0 Å². The maximum atomic E-state index is 13.8. The molecule has 3 saturated heterocycles. The van der Waals surface area contributed by atoms with E-state index in [2.05, 4.69) is 21.2 Å². The topological polar surface area (TPSA) is 113 Å². The second kappa shape index (κ2) is 6.46. The second-order valence-electron chi connectivity index (χ2n) is 8.61. The Morgan fingerprint density at radius 2 is 1.94 bits per heavy atom. The molecule has 0 bridgehead atoms. The quantitative estimate of drug-likeness (QED) is 0.388. The van der Waals surface area contributed by atoms with Crippen LogP contribution in [0.3, 0.4) is 0 Å². The van der Waals surface area contributed by atoms with Crippen LogP contribution in [-0.4, -0.2) is 40.1 Å². The Morgan fingerprint density at radius 1 is 1.12 bits per heavy atom. The number of rotatable bonds is 2. The van der Waals surface area contributed by atoms with Crippen LogP contribution in [0.25, 0.3) is 0 Å². The van der Waals surface area contributed by atoms with Gasteiger partial charge in [0.2, 0.25) is 17.7 Å². The minimum atomic E-state index is -1.27. The fraction of sp³-hybridized carbons (Fsp3) is 0.318. The summed E-state index contributed by atoms with van der Waals surface area (Å²) in [6.07, 6.45) is 1.53. The molecule has 0 unspecified atom stereocenters. The van der Waals surface area contributed by atoms with Gasteiger partial charge in [0.05, 0.1) is 22.4 Å². The van der Waals surface area contributed by atoms with Gasteiger partial charge < -0.3 is 5.32 Å². The Kier molecular flexibility index (Phi) is 3.95. The number of nitrogens with one attached hydrogen (secondary N) is 1. The molecule has 1 spiro atoms. The molecule has 4 atom stereocenters. The summed E-state index contributed by atoms with van der Waals surface area (Å²) >= 11 is 3.47. The van der Waals surface area contributed by atoms with E-state index in [1.54, 1.807) is 6.07 Å². The van der Waals surface area contributed by atoms with Crippen molar-refractivity contribution >= 4 is 50.7 Å². The predicted molar refractivity (Wildman–Crippen MR) is 117 cm³/mol. The predicted octanol–water partition coefficient (Wildman–Crippen LogP) is 2.79. The third-order valence-electron chi connectivity index (χ3n) is 7.25. The molecule has 2 aromatic carbocycles. The van der Waals surface area contributed by atoms with Crippen molar-refractivity contribution in [3.8, 4) is 0 Å². The summed E-state index contributed by atoms with van der Waals surface area (Å²) in [6.45, 7) is 0.619. The number of non-ortho nitro benzene ring substituents is 1. The Labute approximate surface area is 190 Å². The molecule has 32 heavy (non-hydrogen) atoms. The average Bonchev–Trinajstić information content (AvgIpc) is 3.46. The van der Waals surface area contributed by atoms with Crippen molar-refractivity contribution in [2.45, 2.75) is 24.4 Å². The second-order valence-corrected chi connectivity index (χ2v) is 9.52. The minimum absolute atomic E-state index is 0.163. The van der Waals surface area contributed by atoms with E-state index in [4.69, 9.17) is 0 Å². The fourth-order valence-corrected chi connectivity index (χ4v) is 6.54. The molecule has 4 aliphatic rings. The highest BCUT2D eigenvalue weighted by molar-refractivity contribution is 9.10. The molecular weight excluding hydrogens is 480 g/mol. The Balaban J connectivity index is 1.54. The highest BCUT2D eigenvalue weighted by atomic mass is 79.9. The highest BCUT2D eigenvalue weighted by Gasteiger charge is 2.74. The van der Waals surface area contributed by atoms with Crippen LogP contribution in [0, 0.1) is 22.0 Å². The van der Waals surface area contributed by atoms with Gasteiger partial charge in [-0.3, -0.25) is 29.4 Å². The maximum absolute atomic E-state index is 13.8. The van der Waals surface area contributed by atoms with Crippen LogP contribution >= 0.6 is 15.9 Å². The van der Waals surface area contributed by atoms with Gasteiger partial charge in [-0.25, -0.2) is 4.90 Å². The number of nitrogens with zero attached hydrogens (tertiary/aromatic N) is 3. The Bertz CT molecular complexity index is 1250. The third-order valence-corrected chi connectivity index (χ3v) is 7.75. The number of hydrogen-bond donors (Lipinski definition) is 1. The number of nitro groups is 1. The van der Waals surface area contributed by atoms with Gasteiger partial charge in [-0.2, -0.15) is 0 Å². The normalized spacial score (nSPS) is 30.6. The van der Waals surface area contributed by atoms with Gasteiger partial charge in [0.15, 0.2) is 0 Å². The van der Waals surface area contributed by atoms with Gasteiger partial charge in [0.25, 0.3) is 5.69 Å². The first-order valence-corrected chi connectivity index (χ1v) is 11.2. The molecule has 0 saturated carbocycles. The lowest BCUT2D eigenvalue weighted by molar-refractivity contribution is -0.384. The van der Waals surface area contributed by atoms with Crippen LogP contribution in [0.2, 0.25) is 0 Å². The minimum Gasteiger partial charge on any atom is -0.324 e. The van der Waals surface area contributed by atoms with Gasteiger partial charge in [-0.05, 0) is 43.7 Å². The van der Waals surface area contributed by atoms with Crippen LogP contribution < -0.4 is 10.2 Å². The van der Waals surface area contributed by atoms with Crippen molar-refractivity contribution in [1.82, 2.24) is 4.90 Å². The molecule has 0 aromatic heterocycles. The molecule has 162 valence electrons. The van der Waals surface area contributed by atoms with E-state index >= 15 is 0 Å². The van der Waals surface area contributed by atoms with Gasteiger partial charge in [0.1, 0.15) is 5.54 Å². The molecular formula is C22H17BrN4O5. The van der Waals surface area contributed by atoms with Gasteiger partial charge in [0, 0.05) is 33.9 Å². The van der Waals surface area contributed by atoms with E-state index in [9.17, 15) is 24.5 Å². The SMILES string of the molecule is O=C1[C@@H]2[C@@H]3CCCN3[C@@]3(C(=O)Nc4ccc(Br)cc43)[C@H]2C(=O)N1c1cccc([N+](=O)[O-])c1. The zero-order chi connectivity index (χ0) is 22.4. The first-order valence-electron chi connectivity index (χ1n) is 10.4. The monoisotopic (exact) mass is 496 g/mol. The molecule has 3 amide bonds. The number of carbonyl (C=O) groups excluding carboxylic acids is 3. The number of halogens is 1. The summed E-state index contributed by atoms with van der Waals surface area (Å²) in [5.74, 6) is -2.76. The number of imide groups is 1. The van der Waals surface area contributed by atoms with Crippen LogP contribution in [0.4, 0.5) is 17.1 Å². The average molecular weight is 497 g/mol. The number of nitro benzene ring substituents is 1. The summed E-state index contributed by atoms with van der Waals surface area (Å²) < 4.78 is 0.777. The lowest BCUT2D eigenvalue weighted by Crippen LogP contribution is -2.54. The standard InChI is InChI=1S/C22H17BrN4O5/c23-11-6-7-15-14(9-11)22(21(30)24-15)18-17(16-5-2-8-25(16)22)19(28)26(20(18)29)12-3-1-4-13(10-12)27(31)32/h1,3-4,6-7,9-10,16-18H,2,5,8H2,(H,24,30)/t16-,17+,18+,22+/m0/s1. The molecule has 4 heterocycles. The van der Waals surface area contributed by atoms with E-state index in [0.29, 0.717) is 24.2 Å². The molecule has 0 aliphatic carbocycles. The first kappa shape index (κ1) is 19.6. The number of benzene rings is 2. The lowest BCUT2D eigenvalue weighted by Gasteiger charge is -2.36. The number of hydrogen-bond acceptors (Lipinski definition) is 6. The number of fused-ring (bicyclic) bond motifs is 7. The number of carbonyl (C=O) groups is 3. The van der Waals surface area contributed by atoms with E-state index in [0.717, 1.165) is 15.8 Å². The molecule has 9 nitrogen and oxygen atoms in total. The van der Waals surface area contributed by atoms with E-state index in [-0.39, 0.29) is 23.3 Å². The molecule has 10 heteroatoms. The number of amides is 3. The first-order chi connectivity index (χ1) is 15.4. The van der Waals surface area contributed by atoms with Crippen LogP contribution in [0.5, 0.6) is 0 Å². The van der Waals surface area contributed by atoms with Crippen molar-refractivity contribution in [3.05, 3.63) is 62.6 Å². The van der Waals surface area contributed by atoms with Crippen LogP contribution in [0.1, 0.15) is 18.4 Å². The molecule has 4 aliphatic heterocycles. The van der Waals surface area contributed by atoms with Crippen molar-refractivity contribution in [1.29, 1.82) is 0 Å². The number of anilines is 2. The third kappa shape index (κ3) is 2.23. The molecule has 6 rings (SSSR count). The maximum Gasteiger partial charge on any atom is 0.271 e. The lowest BCUT2D eigenvalue weighted by atomic mass is 9.75. The summed E-state index contributed by atoms with van der Waals surface area (Å²) in [5, 5.41) is 14.2. The zero-order valence-electron chi connectivity index (χ0n) is 16.7. The van der Waals surface area contributed by atoms with E-state index in [1.807, 2.05) is 17.0 Å². The van der Waals surface area contributed by atoms with Crippen LogP contribution in [-0.2, 0) is 19.9 Å². The molecule has 2 aromatic rings. The highest BCUT2D eigenvalue weighted by Crippen LogP contribution is 2.60. The summed E-state index contributed by atoms with van der Waals surface area (Å²) in [4.78, 5) is 54.8. The Morgan fingerprint density at radius 3 is 2.72 bits per heavy atom. The Hall–Kier alpha value is -3.11. The van der Waals surface area contributed by atoms with Crippen molar-refractivity contribution in [2.24, 2.45) is 11.8 Å². The largest absolute Gasteiger partial charge is 0.324 e. The van der Waals surface area contributed by atoms with Crippen molar-refractivity contribution in [2.75, 3.05) is 16.8 Å². The van der Waals surface area contributed by atoms with E-state index < -0.39 is 34.1 Å². The zero-order valence-corrected chi connectivity index (χ0v) is 18.2. The van der Waals surface area contributed by atoms with Crippen LogP contribution in [0.15, 0.2) is 46.9 Å². The summed E-state index contributed by atoms with van der Waals surface area (Å²) in [6, 6.07) is 10.7.